The summed E-state index contributed by atoms with van der Waals surface area (Å²) in [6, 6.07) is 8.38. The first-order chi connectivity index (χ1) is 19.8. The van der Waals surface area contributed by atoms with Gasteiger partial charge in [0.1, 0.15) is 13.2 Å². The van der Waals surface area contributed by atoms with Crippen LogP contribution in [0.5, 0.6) is 0 Å². The Kier molecular flexibility index (Phi) is 15.2. The summed E-state index contributed by atoms with van der Waals surface area (Å²) in [4.78, 5) is 73.2. The van der Waals surface area contributed by atoms with Gasteiger partial charge in [-0.1, -0.05) is 64.4 Å². The molecule has 0 unspecified atom stereocenters. The zero-order valence-electron chi connectivity index (χ0n) is 25.5. The fourth-order valence-corrected chi connectivity index (χ4v) is 5.94. The number of carbonyl (C=O) groups excluding carboxylic acids is 3. The maximum atomic E-state index is 13.4. The van der Waals surface area contributed by atoms with Crippen LogP contribution in [0.1, 0.15) is 59.4 Å². The topological polar surface area (TPSA) is 215 Å². The van der Waals surface area contributed by atoms with Crippen molar-refractivity contribution < 1.29 is 47.8 Å². The number of hydrogen-bond acceptors (Lipinski definition) is 8. The number of benzene rings is 1. The number of Topliss-reactive ketones (excluding diaryl/α,β-unsaturated/α-hetero) is 1. The van der Waals surface area contributed by atoms with Crippen LogP contribution in [-0.4, -0.2) is 79.7 Å². The van der Waals surface area contributed by atoms with Gasteiger partial charge < -0.3 is 34.9 Å². The van der Waals surface area contributed by atoms with E-state index in [4.69, 9.17) is 4.74 Å². The van der Waals surface area contributed by atoms with Crippen LogP contribution in [0.4, 0.5) is 4.79 Å². The van der Waals surface area contributed by atoms with Crippen molar-refractivity contribution in [3.8, 4) is 0 Å². The third kappa shape index (κ3) is 12.9. The Morgan fingerprint density at radius 3 is 2.16 bits per heavy atom. The first-order valence-corrected chi connectivity index (χ1v) is 17.2. The van der Waals surface area contributed by atoms with E-state index in [1.54, 1.807) is 0 Å². The standard InChI is InChI=1S/C27H46N4O10P2/c1-7-20(4)25(30-26(34)41-17-21-11-9-8-10-12-21)23(32)14-22(13-19(2)3)15-29-31(6)16-24(33)28-18-27(5,42(35,36)37)43(38,39)40/h8-12,15,19-20,22,25H,7,13-14,16-18H2,1-6H3,(H,28,33)(H,30,34)(H2,35,36,37)(H2,38,39,40)/b29-15+/t20-,22-,25+/m1/s1. The Bertz CT molecular complexity index is 1160. The number of amides is 2. The first kappa shape index (κ1) is 38.4. The third-order valence-electron chi connectivity index (χ3n) is 7.01. The van der Waals surface area contributed by atoms with Crippen LogP contribution in [0.3, 0.4) is 0 Å². The quantitative estimate of drug-likeness (QED) is 0.0773. The largest absolute Gasteiger partial charge is 0.445 e. The number of ketones is 1. The minimum atomic E-state index is -5.29. The van der Waals surface area contributed by atoms with Crippen LogP contribution < -0.4 is 10.6 Å². The number of hydrogen-bond donors (Lipinski definition) is 6. The summed E-state index contributed by atoms with van der Waals surface area (Å²) in [6.07, 6.45) is 2.12. The Balaban J connectivity index is 2.86. The van der Waals surface area contributed by atoms with E-state index in [0.717, 1.165) is 5.56 Å². The number of carbonyl (C=O) groups is 3. The molecule has 0 bridgehead atoms. The Hall–Kier alpha value is -2.60. The van der Waals surface area contributed by atoms with E-state index in [9.17, 15) is 43.1 Å². The Morgan fingerprint density at radius 1 is 1.07 bits per heavy atom. The lowest BCUT2D eigenvalue weighted by Crippen LogP contribution is -2.46. The van der Waals surface area contributed by atoms with Crippen LogP contribution in [-0.2, 0) is 30.1 Å². The van der Waals surface area contributed by atoms with Gasteiger partial charge in [-0.25, -0.2) is 4.79 Å². The van der Waals surface area contributed by atoms with Gasteiger partial charge in [-0.3, -0.25) is 23.7 Å². The van der Waals surface area contributed by atoms with Crippen molar-refractivity contribution in [1.29, 1.82) is 0 Å². The Labute approximate surface area is 253 Å². The van der Waals surface area contributed by atoms with Gasteiger partial charge in [-0.15, -0.1) is 0 Å². The second-order valence-electron chi connectivity index (χ2n) is 11.3. The highest BCUT2D eigenvalue weighted by Crippen LogP contribution is 2.68. The van der Waals surface area contributed by atoms with E-state index in [1.807, 2.05) is 58.0 Å². The van der Waals surface area contributed by atoms with Crippen LogP contribution in [0, 0.1) is 17.8 Å². The molecule has 244 valence electrons. The van der Waals surface area contributed by atoms with Gasteiger partial charge in [0.05, 0.1) is 6.04 Å². The molecule has 0 aromatic heterocycles. The monoisotopic (exact) mass is 648 g/mol. The highest BCUT2D eigenvalue weighted by atomic mass is 31.2. The number of rotatable bonds is 18. The maximum absolute atomic E-state index is 13.4. The molecule has 1 rings (SSSR count). The van der Waals surface area contributed by atoms with Crippen LogP contribution in [0.2, 0.25) is 0 Å². The first-order valence-electron chi connectivity index (χ1n) is 13.9. The molecule has 0 saturated heterocycles. The number of likely N-dealkylation sites (N-methyl/N-ethyl adjacent to an activating group) is 1. The number of alkyl carbamates (subject to hydrolysis) is 1. The lowest BCUT2D eigenvalue weighted by atomic mass is 9.87. The van der Waals surface area contributed by atoms with Gasteiger partial charge in [-0.05, 0) is 30.7 Å². The highest BCUT2D eigenvalue weighted by molar-refractivity contribution is 7.72. The second-order valence-corrected chi connectivity index (χ2v) is 15.8. The van der Waals surface area contributed by atoms with Gasteiger partial charge in [-0.2, -0.15) is 5.10 Å². The summed E-state index contributed by atoms with van der Waals surface area (Å²) >= 11 is 0. The van der Waals surface area contributed by atoms with Gasteiger partial charge >= 0.3 is 21.3 Å². The van der Waals surface area contributed by atoms with Gasteiger partial charge in [0.2, 0.25) is 5.91 Å². The molecule has 14 nitrogen and oxygen atoms in total. The van der Waals surface area contributed by atoms with Gasteiger partial charge in [0.15, 0.2) is 10.7 Å². The average molecular weight is 649 g/mol. The highest BCUT2D eigenvalue weighted by Gasteiger charge is 2.56. The summed E-state index contributed by atoms with van der Waals surface area (Å²) in [6.45, 7) is 7.16. The summed E-state index contributed by atoms with van der Waals surface area (Å²) in [5, 5.41) is 10.3. The molecule has 0 aliphatic rings. The van der Waals surface area contributed by atoms with Crippen LogP contribution in [0.15, 0.2) is 35.4 Å². The SMILES string of the molecule is CC[C@@H](C)[C@H](NC(=O)OCc1ccccc1)C(=O)C[C@H](/C=N/N(C)CC(=O)NCC(C)(P(=O)(O)O)P(=O)(O)O)CC(C)C. The van der Waals surface area contributed by atoms with E-state index in [0.29, 0.717) is 19.8 Å². The predicted octanol–water partition coefficient (Wildman–Crippen LogP) is 3.05. The summed E-state index contributed by atoms with van der Waals surface area (Å²) < 4.78 is 28.7. The number of hydrazone groups is 1. The van der Waals surface area contributed by atoms with Crippen molar-refractivity contribution in [3.05, 3.63) is 35.9 Å². The van der Waals surface area contributed by atoms with Crippen molar-refractivity contribution in [2.75, 3.05) is 20.1 Å². The minimum absolute atomic E-state index is 0.0640. The van der Waals surface area contributed by atoms with Crippen molar-refractivity contribution >= 4 is 39.2 Å². The van der Waals surface area contributed by atoms with Crippen molar-refractivity contribution in [3.63, 3.8) is 0 Å². The normalized spacial score (nSPS) is 14.7. The molecule has 43 heavy (non-hydrogen) atoms. The molecule has 6 N–H and O–H groups in total. The molecule has 3 atom stereocenters. The fraction of sp³-hybridized carbons (Fsp3) is 0.630. The van der Waals surface area contributed by atoms with E-state index in [2.05, 4.69) is 15.7 Å². The summed E-state index contributed by atoms with van der Waals surface area (Å²) in [5.41, 5.74) is 0.813. The van der Waals surface area contributed by atoms with E-state index < -0.39 is 44.7 Å². The third-order valence-corrected chi connectivity index (χ3v) is 11.4. The molecule has 0 aliphatic heterocycles. The molecule has 16 heteroatoms. The molecule has 1 aromatic carbocycles. The second kappa shape index (κ2) is 17.0. The molecule has 0 heterocycles. The Morgan fingerprint density at radius 2 is 1.65 bits per heavy atom. The zero-order chi connectivity index (χ0) is 33.0. The minimum Gasteiger partial charge on any atom is -0.445 e. The van der Waals surface area contributed by atoms with Crippen molar-refractivity contribution in [2.24, 2.45) is 22.9 Å². The molecule has 0 radical (unpaired) electrons. The number of ether oxygens (including phenoxy) is 1. The molecular formula is C27H46N4O10P2. The van der Waals surface area contributed by atoms with Gasteiger partial charge in [0, 0.05) is 32.1 Å². The summed E-state index contributed by atoms with van der Waals surface area (Å²) in [5.74, 6) is -1.27. The zero-order valence-corrected chi connectivity index (χ0v) is 27.3. The average Bonchev–Trinajstić information content (AvgIpc) is 2.90. The predicted molar refractivity (Wildman–Crippen MR) is 162 cm³/mol. The number of nitrogens with zero attached hydrogens (tertiary/aromatic N) is 2. The lowest BCUT2D eigenvalue weighted by Gasteiger charge is -2.31. The maximum Gasteiger partial charge on any atom is 0.408 e. The molecule has 2 amide bonds. The summed E-state index contributed by atoms with van der Waals surface area (Å²) in [7, 11) is -9.11. The molecular weight excluding hydrogens is 602 g/mol. The molecule has 0 saturated carbocycles. The fourth-order valence-electron chi connectivity index (χ4n) is 4.01. The van der Waals surface area contributed by atoms with Crippen molar-refractivity contribution in [1.82, 2.24) is 15.6 Å². The molecule has 1 aromatic rings. The lowest BCUT2D eigenvalue weighted by molar-refractivity contribution is -0.123. The van der Waals surface area contributed by atoms with E-state index in [-0.39, 0.29) is 43.1 Å². The molecule has 0 spiro atoms. The van der Waals surface area contributed by atoms with Crippen LogP contribution >= 0.6 is 15.2 Å². The number of nitrogens with one attached hydrogen (secondary N) is 2. The van der Waals surface area contributed by atoms with E-state index >= 15 is 0 Å². The van der Waals surface area contributed by atoms with E-state index in [1.165, 1.54) is 18.3 Å². The van der Waals surface area contributed by atoms with Gasteiger partial charge in [0.25, 0.3) is 0 Å². The van der Waals surface area contributed by atoms with Crippen molar-refractivity contribution in [2.45, 2.75) is 71.4 Å². The molecule has 0 aliphatic carbocycles. The smallest absolute Gasteiger partial charge is 0.408 e. The molecule has 0 fully saturated rings. The van der Waals surface area contributed by atoms with Crippen LogP contribution in [0.25, 0.3) is 0 Å².